The van der Waals surface area contributed by atoms with Gasteiger partial charge in [0.1, 0.15) is 6.04 Å². The summed E-state index contributed by atoms with van der Waals surface area (Å²) in [5, 5.41) is 13.3. The predicted molar refractivity (Wildman–Crippen MR) is 108 cm³/mol. The Balaban J connectivity index is 1.83. The smallest absolute Gasteiger partial charge is 0.253 e. The maximum absolute atomic E-state index is 13.1. The number of fused-ring (bicyclic) bond motifs is 1. The molecule has 0 unspecified atom stereocenters. The third-order valence-corrected chi connectivity index (χ3v) is 5.36. The Bertz CT molecular complexity index is 1020. The maximum atomic E-state index is 13.1. The number of rotatable bonds is 7. The Hall–Kier alpha value is -2.62. The van der Waals surface area contributed by atoms with E-state index >= 15 is 0 Å². The van der Waals surface area contributed by atoms with E-state index in [0.29, 0.717) is 50.8 Å². The van der Waals surface area contributed by atoms with E-state index in [-0.39, 0.29) is 11.6 Å². The first-order valence-corrected chi connectivity index (χ1v) is 9.94. The number of aryl methyl sites for hydroxylation is 1. The summed E-state index contributed by atoms with van der Waals surface area (Å²) in [5.41, 5.74) is 2.57. The molecule has 3 heterocycles. The van der Waals surface area contributed by atoms with Crippen LogP contribution in [0.3, 0.4) is 0 Å². The number of H-pyrrole nitrogens is 1. The lowest BCUT2D eigenvalue weighted by Crippen LogP contribution is -2.42. The summed E-state index contributed by atoms with van der Waals surface area (Å²) >= 11 is 0. The van der Waals surface area contributed by atoms with Crippen LogP contribution < -0.4 is 5.56 Å². The molecule has 0 spiro atoms. The Morgan fingerprint density at radius 2 is 2.10 bits per heavy atom. The number of tetrazole rings is 1. The molecular weight excluding hydrogens is 372 g/mol. The molecule has 154 valence electrons. The van der Waals surface area contributed by atoms with Crippen molar-refractivity contribution in [2.45, 2.75) is 25.9 Å². The fourth-order valence-corrected chi connectivity index (χ4v) is 3.78. The summed E-state index contributed by atoms with van der Waals surface area (Å²) in [5.74, 6) is 0.639. The first kappa shape index (κ1) is 19.7. The summed E-state index contributed by atoms with van der Waals surface area (Å²) in [7, 11) is 1.64. The number of nitrogens with one attached hydrogen (secondary N) is 1. The van der Waals surface area contributed by atoms with Gasteiger partial charge in [0.05, 0.1) is 26.4 Å². The molecule has 4 rings (SSSR count). The fourth-order valence-electron chi connectivity index (χ4n) is 3.78. The van der Waals surface area contributed by atoms with Crippen molar-refractivity contribution in [3.05, 3.63) is 51.6 Å². The third-order valence-electron chi connectivity index (χ3n) is 5.36. The van der Waals surface area contributed by atoms with Crippen LogP contribution in [0.4, 0.5) is 0 Å². The summed E-state index contributed by atoms with van der Waals surface area (Å²) in [6.07, 6.45) is 0.937. The number of methoxy groups -OCH3 is 1. The van der Waals surface area contributed by atoms with Crippen LogP contribution in [0.2, 0.25) is 0 Å². The molecule has 0 radical (unpaired) electrons. The van der Waals surface area contributed by atoms with Gasteiger partial charge in [-0.3, -0.25) is 9.69 Å². The summed E-state index contributed by atoms with van der Waals surface area (Å²) in [4.78, 5) is 18.3. The molecule has 1 fully saturated rings. The first-order chi connectivity index (χ1) is 14.2. The van der Waals surface area contributed by atoms with Gasteiger partial charge in [0, 0.05) is 31.3 Å². The summed E-state index contributed by atoms with van der Waals surface area (Å²) < 4.78 is 12.4. The van der Waals surface area contributed by atoms with Crippen LogP contribution >= 0.6 is 0 Å². The van der Waals surface area contributed by atoms with Crippen molar-refractivity contribution in [2.75, 3.05) is 40.0 Å². The van der Waals surface area contributed by atoms with Crippen molar-refractivity contribution in [1.82, 2.24) is 30.1 Å². The van der Waals surface area contributed by atoms with Crippen molar-refractivity contribution in [1.29, 1.82) is 0 Å². The molecule has 2 aromatic heterocycles. The van der Waals surface area contributed by atoms with E-state index in [9.17, 15) is 4.79 Å². The molecule has 1 atom stereocenters. The predicted octanol–water partition coefficient (Wildman–Crippen LogP) is 1.15. The van der Waals surface area contributed by atoms with Crippen molar-refractivity contribution in [3.63, 3.8) is 0 Å². The van der Waals surface area contributed by atoms with Gasteiger partial charge >= 0.3 is 0 Å². The molecule has 1 N–H and O–H groups in total. The molecule has 0 bridgehead atoms. The van der Waals surface area contributed by atoms with Crippen molar-refractivity contribution < 1.29 is 9.47 Å². The Labute approximate surface area is 168 Å². The molecule has 1 saturated heterocycles. The van der Waals surface area contributed by atoms with Gasteiger partial charge in [0.15, 0.2) is 5.82 Å². The van der Waals surface area contributed by atoms with Crippen LogP contribution in [0.5, 0.6) is 0 Å². The van der Waals surface area contributed by atoms with Gasteiger partial charge in [0.25, 0.3) is 5.56 Å². The average molecular weight is 398 g/mol. The zero-order valence-corrected chi connectivity index (χ0v) is 16.8. The molecule has 29 heavy (non-hydrogen) atoms. The van der Waals surface area contributed by atoms with Crippen LogP contribution in [-0.4, -0.2) is 70.1 Å². The second kappa shape index (κ2) is 8.81. The molecule has 1 aliphatic heterocycles. The van der Waals surface area contributed by atoms with Gasteiger partial charge in [-0.15, -0.1) is 5.10 Å². The minimum absolute atomic E-state index is 0.125. The first-order valence-electron chi connectivity index (χ1n) is 9.94. The highest BCUT2D eigenvalue weighted by atomic mass is 16.5. The highest BCUT2D eigenvalue weighted by Crippen LogP contribution is 2.27. The third kappa shape index (κ3) is 4.07. The molecule has 0 aliphatic carbocycles. The largest absolute Gasteiger partial charge is 0.383 e. The molecule has 0 saturated carbocycles. The fraction of sp³-hybridized carbons (Fsp3) is 0.500. The van der Waals surface area contributed by atoms with Crippen LogP contribution in [-0.2, 0) is 22.4 Å². The standard InChI is InChI=1S/C20H26N6O3/c1-3-14-4-5-17-15(12-14)13-16(20(27)21-17)18(25-6-10-29-11-7-25)19-22-23-24-26(19)8-9-28-2/h4-5,12-13,18H,3,6-11H2,1-2H3,(H,21,27)/t18-/m1/s1. The molecule has 3 aromatic rings. The maximum Gasteiger partial charge on any atom is 0.253 e. The quantitative estimate of drug-likeness (QED) is 0.637. The van der Waals surface area contributed by atoms with Crippen LogP contribution in [0, 0.1) is 0 Å². The zero-order valence-electron chi connectivity index (χ0n) is 16.8. The lowest BCUT2D eigenvalue weighted by atomic mass is 10.0. The number of aromatic amines is 1. The Morgan fingerprint density at radius 1 is 1.28 bits per heavy atom. The molecular formula is C20H26N6O3. The van der Waals surface area contributed by atoms with E-state index in [1.54, 1.807) is 11.8 Å². The van der Waals surface area contributed by atoms with E-state index in [1.807, 2.05) is 18.2 Å². The number of nitrogens with zero attached hydrogens (tertiary/aromatic N) is 5. The molecule has 9 heteroatoms. The van der Waals surface area contributed by atoms with Gasteiger partial charge in [-0.2, -0.15) is 0 Å². The van der Waals surface area contributed by atoms with Gasteiger partial charge in [-0.25, -0.2) is 4.68 Å². The van der Waals surface area contributed by atoms with E-state index in [4.69, 9.17) is 9.47 Å². The lowest BCUT2D eigenvalue weighted by molar-refractivity contribution is 0.0211. The number of benzene rings is 1. The van der Waals surface area contributed by atoms with Crippen LogP contribution in [0.1, 0.15) is 29.9 Å². The van der Waals surface area contributed by atoms with Gasteiger partial charge in [-0.1, -0.05) is 13.0 Å². The second-order valence-electron chi connectivity index (χ2n) is 7.13. The van der Waals surface area contributed by atoms with Crippen molar-refractivity contribution >= 4 is 10.9 Å². The van der Waals surface area contributed by atoms with Gasteiger partial charge in [-0.05, 0) is 46.0 Å². The molecule has 9 nitrogen and oxygen atoms in total. The molecule has 1 aromatic carbocycles. The van der Waals surface area contributed by atoms with E-state index in [0.717, 1.165) is 17.3 Å². The average Bonchev–Trinajstić information content (AvgIpc) is 3.21. The number of morpholine rings is 1. The number of aromatic nitrogens is 5. The highest BCUT2D eigenvalue weighted by Gasteiger charge is 2.31. The topological polar surface area (TPSA) is 98.2 Å². The normalized spacial score (nSPS) is 16.3. The number of pyridine rings is 1. The minimum Gasteiger partial charge on any atom is -0.383 e. The monoisotopic (exact) mass is 398 g/mol. The zero-order chi connectivity index (χ0) is 20.2. The summed E-state index contributed by atoms with van der Waals surface area (Å²) in [6, 6.07) is 7.75. The second-order valence-corrected chi connectivity index (χ2v) is 7.13. The van der Waals surface area contributed by atoms with Crippen LogP contribution in [0.25, 0.3) is 10.9 Å². The van der Waals surface area contributed by atoms with Gasteiger partial charge in [0.2, 0.25) is 0 Å². The lowest BCUT2D eigenvalue weighted by Gasteiger charge is -2.33. The minimum atomic E-state index is -0.357. The summed E-state index contributed by atoms with van der Waals surface area (Å²) in [6.45, 7) is 5.76. The van der Waals surface area contributed by atoms with Gasteiger partial charge < -0.3 is 14.5 Å². The van der Waals surface area contributed by atoms with E-state index in [1.165, 1.54) is 5.56 Å². The molecule has 1 aliphatic rings. The van der Waals surface area contributed by atoms with E-state index < -0.39 is 0 Å². The number of hydrogen-bond acceptors (Lipinski definition) is 7. The van der Waals surface area contributed by atoms with E-state index in [2.05, 4.69) is 38.4 Å². The number of hydrogen-bond donors (Lipinski definition) is 1. The SMILES string of the molecule is CCc1ccc2[nH]c(=O)c([C@H](c3nnnn3CCOC)N3CCOCC3)cc2c1. The van der Waals surface area contributed by atoms with Crippen LogP contribution in [0.15, 0.2) is 29.1 Å². The Morgan fingerprint density at radius 3 is 2.86 bits per heavy atom. The number of ether oxygens (including phenoxy) is 2. The highest BCUT2D eigenvalue weighted by molar-refractivity contribution is 5.80. The van der Waals surface area contributed by atoms with Crippen molar-refractivity contribution in [3.8, 4) is 0 Å². The molecule has 0 amide bonds. The Kier molecular flexibility index (Phi) is 5.98. The van der Waals surface area contributed by atoms with Crippen molar-refractivity contribution in [2.24, 2.45) is 0 Å².